The van der Waals surface area contributed by atoms with Crippen LogP contribution < -0.4 is 4.74 Å². The van der Waals surface area contributed by atoms with Crippen LogP contribution in [0.2, 0.25) is 0 Å². The topological polar surface area (TPSA) is 9.23 Å². The van der Waals surface area contributed by atoms with Crippen LogP contribution in [-0.4, -0.2) is 7.11 Å². The monoisotopic (exact) mass is 246 g/mol. The molecule has 0 unspecified atom stereocenters. The average Bonchev–Trinajstić information content (AvgIpc) is 2.26. The van der Waals surface area contributed by atoms with Gasteiger partial charge in [-0.05, 0) is 5.56 Å². The Morgan fingerprint density at radius 2 is 1.57 bits per heavy atom. The maximum atomic E-state index is 5.37. The molecule has 0 atom stereocenters. The lowest BCUT2D eigenvalue weighted by molar-refractivity contribution is 0.407. The fraction of sp³-hybridized carbons (Fsp3) is 0.400. The summed E-state index contributed by atoms with van der Waals surface area (Å²) in [5.41, 5.74) is 3.40. The summed E-state index contributed by atoms with van der Waals surface area (Å²) in [5, 5.41) is 0. The Morgan fingerprint density at radius 3 is 2.00 bits per heavy atom. The second-order valence-electron chi connectivity index (χ2n) is 2.87. The Bertz CT molecular complexity index is 281. The van der Waals surface area contributed by atoms with Gasteiger partial charge in [0.15, 0.2) is 0 Å². The first-order chi connectivity index (χ1) is 6.78. The molecule has 0 bridgehead atoms. The normalized spacial score (nSPS) is 10.3. The molecule has 0 heterocycles. The SMILES string of the molecule is COc1c(CS)ccc(CS)c1CS. The van der Waals surface area contributed by atoms with Crippen LogP contribution in [0.5, 0.6) is 5.75 Å². The van der Waals surface area contributed by atoms with E-state index in [0.717, 1.165) is 16.9 Å². The van der Waals surface area contributed by atoms with Crippen molar-refractivity contribution >= 4 is 37.9 Å². The Morgan fingerprint density at radius 1 is 1.00 bits per heavy atom. The average molecular weight is 246 g/mol. The van der Waals surface area contributed by atoms with Gasteiger partial charge in [0.2, 0.25) is 0 Å². The highest BCUT2D eigenvalue weighted by atomic mass is 32.1. The molecule has 0 aliphatic heterocycles. The van der Waals surface area contributed by atoms with Crippen molar-refractivity contribution in [1.29, 1.82) is 0 Å². The van der Waals surface area contributed by atoms with E-state index >= 15 is 0 Å². The lowest BCUT2D eigenvalue weighted by Crippen LogP contribution is -1.98. The Kier molecular flexibility index (Phi) is 5.06. The molecule has 0 aliphatic carbocycles. The molecule has 0 aliphatic rings. The van der Waals surface area contributed by atoms with Gasteiger partial charge in [-0.1, -0.05) is 12.1 Å². The van der Waals surface area contributed by atoms with Gasteiger partial charge in [0, 0.05) is 28.4 Å². The van der Waals surface area contributed by atoms with E-state index in [1.165, 1.54) is 5.56 Å². The van der Waals surface area contributed by atoms with Crippen molar-refractivity contribution in [2.45, 2.75) is 17.3 Å². The van der Waals surface area contributed by atoms with Gasteiger partial charge in [0.25, 0.3) is 0 Å². The quantitative estimate of drug-likeness (QED) is 0.692. The van der Waals surface area contributed by atoms with Gasteiger partial charge in [0.05, 0.1) is 7.11 Å². The smallest absolute Gasteiger partial charge is 0.127 e. The van der Waals surface area contributed by atoms with Crippen molar-refractivity contribution in [3.05, 3.63) is 28.8 Å². The maximum Gasteiger partial charge on any atom is 0.127 e. The van der Waals surface area contributed by atoms with Crippen LogP contribution in [0.15, 0.2) is 12.1 Å². The molecule has 1 nitrogen and oxygen atoms in total. The molecule has 0 amide bonds. The van der Waals surface area contributed by atoms with Gasteiger partial charge in [0.1, 0.15) is 5.75 Å². The molecular weight excluding hydrogens is 232 g/mol. The first-order valence-corrected chi connectivity index (χ1v) is 6.18. The third kappa shape index (κ3) is 2.35. The zero-order chi connectivity index (χ0) is 10.6. The van der Waals surface area contributed by atoms with Crippen LogP contribution in [0.4, 0.5) is 0 Å². The van der Waals surface area contributed by atoms with Crippen LogP contribution in [0.3, 0.4) is 0 Å². The van der Waals surface area contributed by atoms with Gasteiger partial charge < -0.3 is 4.74 Å². The second kappa shape index (κ2) is 5.83. The number of benzene rings is 1. The molecule has 1 aromatic carbocycles. The molecule has 1 aromatic rings. The van der Waals surface area contributed by atoms with Crippen molar-refractivity contribution in [2.75, 3.05) is 7.11 Å². The number of thiol groups is 3. The molecule has 0 radical (unpaired) electrons. The minimum absolute atomic E-state index is 0.667. The van der Waals surface area contributed by atoms with E-state index in [9.17, 15) is 0 Å². The minimum atomic E-state index is 0.667. The van der Waals surface area contributed by atoms with Gasteiger partial charge >= 0.3 is 0 Å². The molecule has 78 valence electrons. The third-order valence-corrected chi connectivity index (χ3v) is 3.14. The summed E-state index contributed by atoms with van der Waals surface area (Å²) in [7, 11) is 1.68. The van der Waals surface area contributed by atoms with Crippen LogP contribution >= 0.6 is 37.9 Å². The van der Waals surface area contributed by atoms with Gasteiger partial charge in [-0.3, -0.25) is 0 Å². The maximum absolute atomic E-state index is 5.37. The minimum Gasteiger partial charge on any atom is -0.496 e. The highest BCUT2D eigenvalue weighted by Crippen LogP contribution is 2.30. The molecule has 0 saturated carbocycles. The lowest BCUT2D eigenvalue weighted by atomic mass is 10.1. The fourth-order valence-electron chi connectivity index (χ4n) is 1.42. The highest BCUT2D eigenvalue weighted by Gasteiger charge is 2.10. The fourth-order valence-corrected chi connectivity index (χ4v) is 2.31. The van der Waals surface area contributed by atoms with Crippen molar-refractivity contribution < 1.29 is 4.74 Å². The van der Waals surface area contributed by atoms with E-state index in [0.29, 0.717) is 17.3 Å². The van der Waals surface area contributed by atoms with E-state index in [1.807, 2.05) is 6.07 Å². The number of rotatable bonds is 4. The molecule has 14 heavy (non-hydrogen) atoms. The Hall–Kier alpha value is 0.0700. The molecule has 0 spiro atoms. The van der Waals surface area contributed by atoms with E-state index in [2.05, 4.69) is 44.0 Å². The lowest BCUT2D eigenvalue weighted by Gasteiger charge is -2.14. The van der Waals surface area contributed by atoms with Crippen molar-refractivity contribution in [3.8, 4) is 5.75 Å². The first kappa shape index (κ1) is 12.1. The molecular formula is C10H14OS3. The summed E-state index contributed by atoms with van der Waals surface area (Å²) in [5.74, 6) is 2.96. The summed E-state index contributed by atoms with van der Waals surface area (Å²) < 4.78 is 5.37. The molecule has 4 heteroatoms. The standard InChI is InChI=1S/C10H14OS3/c1-11-10-8(5-13)3-2-7(4-12)9(10)6-14/h2-3,12-14H,4-6H2,1H3. The molecule has 0 aromatic heterocycles. The molecule has 1 rings (SSSR count). The van der Waals surface area contributed by atoms with Crippen molar-refractivity contribution in [1.82, 2.24) is 0 Å². The van der Waals surface area contributed by atoms with Crippen LogP contribution in [0, 0.1) is 0 Å². The number of ether oxygens (including phenoxy) is 1. The van der Waals surface area contributed by atoms with Crippen LogP contribution in [0.1, 0.15) is 16.7 Å². The molecule has 0 fully saturated rings. The zero-order valence-electron chi connectivity index (χ0n) is 8.03. The molecule has 0 saturated heterocycles. The summed E-state index contributed by atoms with van der Waals surface area (Å²) in [6, 6.07) is 4.09. The van der Waals surface area contributed by atoms with Crippen LogP contribution in [-0.2, 0) is 17.3 Å². The number of hydrogen-bond acceptors (Lipinski definition) is 4. The van der Waals surface area contributed by atoms with Crippen molar-refractivity contribution in [3.63, 3.8) is 0 Å². The van der Waals surface area contributed by atoms with E-state index in [4.69, 9.17) is 4.74 Å². The second-order valence-corrected chi connectivity index (χ2v) is 3.82. The van der Waals surface area contributed by atoms with E-state index in [1.54, 1.807) is 7.11 Å². The number of methoxy groups -OCH3 is 1. The first-order valence-electron chi connectivity index (χ1n) is 4.28. The Balaban J connectivity index is 3.28. The van der Waals surface area contributed by atoms with Crippen molar-refractivity contribution in [2.24, 2.45) is 0 Å². The van der Waals surface area contributed by atoms with E-state index in [-0.39, 0.29) is 0 Å². The van der Waals surface area contributed by atoms with Crippen LogP contribution in [0.25, 0.3) is 0 Å². The zero-order valence-corrected chi connectivity index (χ0v) is 10.7. The van der Waals surface area contributed by atoms with Gasteiger partial charge in [-0.15, -0.1) is 0 Å². The third-order valence-electron chi connectivity index (χ3n) is 2.14. The number of hydrogen-bond donors (Lipinski definition) is 3. The van der Waals surface area contributed by atoms with E-state index < -0.39 is 0 Å². The summed E-state index contributed by atoms with van der Waals surface area (Å²) in [4.78, 5) is 0. The Labute approximate surface area is 101 Å². The van der Waals surface area contributed by atoms with Gasteiger partial charge in [-0.25, -0.2) is 0 Å². The predicted octanol–water partition coefficient (Wildman–Crippen LogP) is 2.98. The highest BCUT2D eigenvalue weighted by molar-refractivity contribution is 7.79. The summed E-state index contributed by atoms with van der Waals surface area (Å²) in [6.45, 7) is 0. The molecule has 0 N–H and O–H groups in total. The predicted molar refractivity (Wildman–Crippen MR) is 71.1 cm³/mol. The summed E-state index contributed by atoms with van der Waals surface area (Å²) >= 11 is 12.8. The summed E-state index contributed by atoms with van der Waals surface area (Å²) in [6.07, 6.45) is 0. The van der Waals surface area contributed by atoms with Gasteiger partial charge in [-0.2, -0.15) is 37.9 Å². The largest absolute Gasteiger partial charge is 0.496 e.